The number of hydrogen-bond donors (Lipinski definition) is 2. The fourth-order valence-corrected chi connectivity index (χ4v) is 1.35. The van der Waals surface area contributed by atoms with E-state index < -0.39 is 10.1 Å². The van der Waals surface area contributed by atoms with E-state index in [4.69, 9.17) is 4.55 Å². The normalized spacial score (nSPS) is 9.06. The molecule has 0 radical (unpaired) electrons. The average molecular weight is 283 g/mol. The van der Waals surface area contributed by atoms with Crippen molar-refractivity contribution in [1.29, 1.82) is 0 Å². The molecule has 4 nitrogen and oxygen atoms in total. The van der Waals surface area contributed by atoms with E-state index in [2.05, 4.69) is 0 Å². The maximum Gasteiger partial charge on any atom is 0.246 e. The van der Waals surface area contributed by atoms with Crippen LogP contribution in [-0.2, 0) is 27.2 Å². The van der Waals surface area contributed by atoms with E-state index >= 15 is 0 Å². The molecule has 0 heterocycles. The van der Waals surface area contributed by atoms with Gasteiger partial charge in [-0.25, -0.2) is 20.6 Å². The topological polar surface area (TPSA) is 89.4 Å². The van der Waals surface area contributed by atoms with Crippen LogP contribution < -0.4 is 6.15 Å². The van der Waals surface area contributed by atoms with Crippen LogP contribution in [0, 0.1) is 0 Å². The van der Waals surface area contributed by atoms with Gasteiger partial charge >= 0.3 is 0 Å². The second kappa shape index (κ2) is 8.27. The largest absolute Gasteiger partial charge is 0.748 e. The Morgan fingerprint density at radius 2 is 1.25 bits per heavy atom. The van der Waals surface area contributed by atoms with Gasteiger partial charge in [0, 0.05) is 17.1 Å². The summed E-state index contributed by atoms with van der Waals surface area (Å²) >= 11 is 0. The molecule has 96 valence electrons. The molecule has 0 aliphatic heterocycles. The molecule has 0 unspecified atom stereocenters. The zero-order valence-electron chi connectivity index (χ0n) is 8.43. The second-order valence-electron chi connectivity index (χ2n) is 2.56. The van der Waals surface area contributed by atoms with E-state index in [-0.39, 0.29) is 28.1 Å². The van der Waals surface area contributed by atoms with Crippen LogP contribution in [0.4, 0.5) is 0 Å². The Morgan fingerprint density at radius 1 is 0.938 bits per heavy atom. The van der Waals surface area contributed by atoms with Crippen molar-refractivity contribution in [1.82, 2.24) is 6.15 Å². The third kappa shape index (κ3) is 6.55. The van der Waals surface area contributed by atoms with Gasteiger partial charge in [0.2, 0.25) is 10.1 Å². The second-order valence-corrected chi connectivity index (χ2v) is 3.98. The third-order valence-electron chi connectivity index (χ3n) is 1.49. The first-order valence-electron chi connectivity index (χ1n) is 3.96. The molecule has 0 atom stereocenters. The molecule has 0 aliphatic carbocycles. The van der Waals surface area contributed by atoms with Gasteiger partial charge in [-0.05, 0) is 4.90 Å². The molecule has 2 rings (SSSR count). The zero-order chi connectivity index (χ0) is 10.4. The summed E-state index contributed by atoms with van der Waals surface area (Å²) < 4.78 is 28.8. The minimum Gasteiger partial charge on any atom is -0.748 e. The molecule has 0 saturated heterocycles. The molecular formula is C10H13FeNO3S-6. The summed E-state index contributed by atoms with van der Waals surface area (Å²) in [5.74, 6) is 0. The minimum absolute atomic E-state index is 0. The van der Waals surface area contributed by atoms with Crippen molar-refractivity contribution < 1.29 is 30.0 Å². The Bertz CT molecular complexity index is 417. The van der Waals surface area contributed by atoms with Crippen LogP contribution in [0.2, 0.25) is 0 Å². The van der Waals surface area contributed by atoms with Crippen molar-refractivity contribution >= 4 is 10.1 Å². The summed E-state index contributed by atoms with van der Waals surface area (Å²) in [5.41, 5.74) is 0. The summed E-state index contributed by atoms with van der Waals surface area (Å²) in [4.78, 5) is -0.0532. The first-order valence-corrected chi connectivity index (χ1v) is 5.40. The van der Waals surface area contributed by atoms with Crippen molar-refractivity contribution in [3.8, 4) is 0 Å². The smallest absolute Gasteiger partial charge is 0.246 e. The van der Waals surface area contributed by atoms with E-state index in [9.17, 15) is 8.42 Å². The summed E-state index contributed by atoms with van der Waals surface area (Å²) in [7, 11) is -3.96. The SMILES string of the molecule is N.O=S(=O)(O)[c-]1cccc1.[Fe].[cH-]1[cH-][cH-][cH-][cH-]1. The van der Waals surface area contributed by atoms with Gasteiger partial charge in [-0.15, -0.1) is 0 Å². The summed E-state index contributed by atoms with van der Waals surface area (Å²) in [6.45, 7) is 0. The molecule has 2 aromatic carbocycles. The molecule has 0 fully saturated rings. The predicted octanol–water partition coefficient (Wildman–Crippen LogP) is 2.22. The van der Waals surface area contributed by atoms with Gasteiger partial charge in [-0.2, -0.15) is 12.1 Å². The molecule has 0 amide bonds. The van der Waals surface area contributed by atoms with E-state index in [1.807, 2.05) is 30.3 Å². The molecule has 6 heteroatoms. The monoisotopic (exact) mass is 283 g/mol. The number of rotatable bonds is 1. The number of hydrogen-bond acceptors (Lipinski definition) is 3. The molecular weight excluding hydrogens is 270 g/mol. The predicted molar refractivity (Wildman–Crippen MR) is 58.9 cm³/mol. The Balaban J connectivity index is 0. The first kappa shape index (κ1) is 17.5. The van der Waals surface area contributed by atoms with Crippen LogP contribution >= 0.6 is 0 Å². The molecule has 4 N–H and O–H groups in total. The van der Waals surface area contributed by atoms with Crippen LogP contribution in [0.5, 0.6) is 0 Å². The fourth-order valence-electron chi connectivity index (χ4n) is 0.849. The molecule has 0 saturated carbocycles. The Kier molecular flexibility index (Phi) is 9.03. The van der Waals surface area contributed by atoms with Gasteiger partial charge in [0.15, 0.2) is 0 Å². The maximum absolute atomic E-state index is 10.2. The minimum atomic E-state index is -3.96. The van der Waals surface area contributed by atoms with Crippen molar-refractivity contribution in [3.05, 3.63) is 54.6 Å². The van der Waals surface area contributed by atoms with Crippen molar-refractivity contribution in [2.75, 3.05) is 0 Å². The first-order chi connectivity index (χ1) is 6.61. The van der Waals surface area contributed by atoms with Crippen molar-refractivity contribution in [3.63, 3.8) is 0 Å². The van der Waals surface area contributed by atoms with Gasteiger partial charge in [0.05, 0.1) is 0 Å². The fraction of sp³-hybridized carbons (Fsp3) is 0. The van der Waals surface area contributed by atoms with E-state index in [0.29, 0.717) is 0 Å². The molecule has 16 heavy (non-hydrogen) atoms. The summed E-state index contributed by atoms with van der Waals surface area (Å²) in [5, 5.41) is 0. The molecule has 0 aromatic heterocycles. The van der Waals surface area contributed by atoms with Crippen LogP contribution in [0.25, 0.3) is 0 Å². The molecule has 0 bridgehead atoms. The van der Waals surface area contributed by atoms with Gasteiger partial charge in [0.1, 0.15) is 0 Å². The Hall–Kier alpha value is -0.911. The third-order valence-corrected chi connectivity index (χ3v) is 2.35. The molecule has 0 aliphatic rings. The molecule has 2 aromatic rings. The van der Waals surface area contributed by atoms with E-state index in [1.54, 1.807) is 12.1 Å². The van der Waals surface area contributed by atoms with Gasteiger partial charge in [0.25, 0.3) is 0 Å². The van der Waals surface area contributed by atoms with Crippen molar-refractivity contribution in [2.45, 2.75) is 4.90 Å². The van der Waals surface area contributed by atoms with Crippen LogP contribution in [0.15, 0.2) is 59.5 Å². The quantitative estimate of drug-likeness (QED) is 0.477. The summed E-state index contributed by atoms with van der Waals surface area (Å²) in [6.07, 6.45) is 0. The van der Waals surface area contributed by atoms with E-state index in [1.165, 1.54) is 12.1 Å². The summed E-state index contributed by atoms with van der Waals surface area (Å²) in [6, 6.07) is 15.7. The van der Waals surface area contributed by atoms with Crippen LogP contribution in [-0.4, -0.2) is 13.0 Å². The van der Waals surface area contributed by atoms with E-state index in [0.717, 1.165) is 0 Å². The maximum atomic E-state index is 10.2. The Morgan fingerprint density at radius 3 is 1.44 bits per heavy atom. The van der Waals surface area contributed by atoms with Crippen LogP contribution in [0.1, 0.15) is 0 Å². The van der Waals surface area contributed by atoms with Crippen LogP contribution in [0.3, 0.4) is 0 Å². The zero-order valence-corrected chi connectivity index (χ0v) is 10.3. The van der Waals surface area contributed by atoms with Gasteiger partial charge < -0.3 is 36.5 Å². The Labute approximate surface area is 106 Å². The van der Waals surface area contributed by atoms with Gasteiger partial charge in [-0.1, -0.05) is 0 Å². The standard InChI is InChI=1S/C5H5O3S.C5H5.Fe.H3N/c6-9(7,8)5-3-1-2-4-5;1-2-4-5-3-1;;/h1-4H,(H,6,7,8);1-5H;;1H3/q-1;-5;;. The average Bonchev–Trinajstić information content (AvgIpc) is 2.80. The van der Waals surface area contributed by atoms with Crippen molar-refractivity contribution in [2.24, 2.45) is 0 Å². The molecule has 0 spiro atoms. The van der Waals surface area contributed by atoms with Gasteiger partial charge in [-0.3, -0.25) is 4.55 Å².